The normalized spacial score (nSPS) is 11.3. The van der Waals surface area contributed by atoms with E-state index in [1.807, 2.05) is 89.7 Å². The number of benzene rings is 3. The zero-order chi connectivity index (χ0) is 20.3. The molecule has 0 unspecified atom stereocenters. The van der Waals surface area contributed by atoms with Gasteiger partial charge in [0.05, 0.1) is 22.8 Å². The van der Waals surface area contributed by atoms with Crippen LogP contribution in [0.25, 0.3) is 27.8 Å². The molecule has 0 aliphatic rings. The van der Waals surface area contributed by atoms with Crippen LogP contribution in [0.5, 0.6) is 0 Å². The maximum Gasteiger partial charge on any atom is 0.281 e. The van der Waals surface area contributed by atoms with Crippen LogP contribution in [0.3, 0.4) is 0 Å². The van der Waals surface area contributed by atoms with Gasteiger partial charge in [-0.3, -0.25) is 4.79 Å². The molecule has 0 amide bonds. The lowest BCUT2D eigenvalue weighted by Crippen LogP contribution is -2.16. The van der Waals surface area contributed by atoms with E-state index in [0.717, 1.165) is 22.5 Å². The summed E-state index contributed by atoms with van der Waals surface area (Å²) in [7, 11) is 0. The summed E-state index contributed by atoms with van der Waals surface area (Å²) in [6.45, 7) is 0. The molecule has 144 valence electrons. The maximum absolute atomic E-state index is 12.7. The molecule has 0 aliphatic carbocycles. The summed E-state index contributed by atoms with van der Waals surface area (Å²) in [5, 5.41) is 9.67. The Morgan fingerprint density at radius 1 is 0.833 bits per heavy atom. The van der Waals surface area contributed by atoms with E-state index in [4.69, 9.17) is 5.10 Å². The van der Waals surface area contributed by atoms with Crippen molar-refractivity contribution >= 4 is 17.1 Å². The molecule has 30 heavy (non-hydrogen) atoms. The second-order valence-corrected chi connectivity index (χ2v) is 6.74. The molecule has 0 bridgehead atoms. The minimum Gasteiger partial charge on any atom is -0.267 e. The van der Waals surface area contributed by atoms with E-state index < -0.39 is 0 Å². The van der Waals surface area contributed by atoms with Crippen LogP contribution < -0.4 is 5.56 Å². The van der Waals surface area contributed by atoms with Gasteiger partial charge >= 0.3 is 0 Å². The first-order valence-electron chi connectivity index (χ1n) is 9.51. The van der Waals surface area contributed by atoms with Gasteiger partial charge in [-0.05, 0) is 24.3 Å². The number of fused-ring (bicyclic) bond motifs is 1. The van der Waals surface area contributed by atoms with Crippen LogP contribution in [0.4, 0.5) is 0 Å². The number of hydrogen-bond acceptors (Lipinski definition) is 4. The van der Waals surface area contributed by atoms with Crippen molar-refractivity contribution in [3.63, 3.8) is 0 Å². The zero-order valence-corrected chi connectivity index (χ0v) is 16.0. The van der Waals surface area contributed by atoms with Gasteiger partial charge in [0.25, 0.3) is 5.56 Å². The molecule has 0 saturated heterocycles. The van der Waals surface area contributed by atoms with Crippen molar-refractivity contribution in [2.75, 3.05) is 0 Å². The van der Waals surface area contributed by atoms with Gasteiger partial charge in [0.15, 0.2) is 0 Å². The molecular formula is C24H17N5O. The van der Waals surface area contributed by atoms with Gasteiger partial charge in [-0.2, -0.15) is 14.9 Å². The number of hydrogen-bond donors (Lipinski definition) is 0. The molecule has 5 aromatic rings. The summed E-state index contributed by atoms with van der Waals surface area (Å²) in [5.74, 6) is 0. The molecular weight excluding hydrogens is 374 g/mol. The molecule has 0 aliphatic heterocycles. The Morgan fingerprint density at radius 2 is 1.53 bits per heavy atom. The first kappa shape index (κ1) is 17.8. The van der Waals surface area contributed by atoms with Gasteiger partial charge < -0.3 is 0 Å². The predicted octanol–water partition coefficient (Wildman–Crippen LogP) is 4.13. The number of aromatic nitrogens is 4. The maximum atomic E-state index is 12.7. The quantitative estimate of drug-likeness (QED) is 0.433. The Hall–Kier alpha value is -4.32. The van der Waals surface area contributed by atoms with Crippen LogP contribution in [0.2, 0.25) is 0 Å². The largest absolute Gasteiger partial charge is 0.281 e. The lowest BCUT2D eigenvalue weighted by atomic mass is 10.1. The Kier molecular flexibility index (Phi) is 4.50. The highest BCUT2D eigenvalue weighted by molar-refractivity contribution is 5.88. The predicted molar refractivity (Wildman–Crippen MR) is 118 cm³/mol. The van der Waals surface area contributed by atoms with Gasteiger partial charge in [-0.25, -0.2) is 9.67 Å². The van der Waals surface area contributed by atoms with E-state index in [1.54, 1.807) is 12.3 Å². The zero-order valence-electron chi connectivity index (χ0n) is 16.0. The van der Waals surface area contributed by atoms with Crippen molar-refractivity contribution in [3.8, 4) is 16.9 Å². The average molecular weight is 391 g/mol. The number of para-hydroxylation sites is 2. The van der Waals surface area contributed by atoms with Gasteiger partial charge in [0.1, 0.15) is 12.0 Å². The molecule has 2 heterocycles. The molecule has 0 fully saturated rings. The molecule has 2 aromatic heterocycles. The molecule has 5 rings (SSSR count). The highest BCUT2D eigenvalue weighted by atomic mass is 16.1. The summed E-state index contributed by atoms with van der Waals surface area (Å²) < 4.78 is 3.06. The smallest absolute Gasteiger partial charge is 0.267 e. The molecule has 3 aromatic carbocycles. The van der Waals surface area contributed by atoms with E-state index in [-0.39, 0.29) is 5.56 Å². The first-order chi connectivity index (χ1) is 14.8. The van der Waals surface area contributed by atoms with Crippen LogP contribution in [0, 0.1) is 0 Å². The van der Waals surface area contributed by atoms with Gasteiger partial charge in [-0.15, -0.1) is 0 Å². The molecule has 0 N–H and O–H groups in total. The average Bonchev–Trinajstić information content (AvgIpc) is 3.24. The third-order valence-corrected chi connectivity index (χ3v) is 4.78. The molecule has 0 atom stereocenters. The fourth-order valence-corrected chi connectivity index (χ4v) is 3.28. The Morgan fingerprint density at radius 3 is 2.33 bits per heavy atom. The van der Waals surface area contributed by atoms with Gasteiger partial charge in [-0.1, -0.05) is 60.7 Å². The van der Waals surface area contributed by atoms with Crippen LogP contribution in [0.1, 0.15) is 5.56 Å². The third-order valence-electron chi connectivity index (χ3n) is 4.78. The van der Waals surface area contributed by atoms with Gasteiger partial charge in [0, 0.05) is 17.3 Å². The fraction of sp³-hybridized carbons (Fsp3) is 0. The van der Waals surface area contributed by atoms with Crippen molar-refractivity contribution in [3.05, 3.63) is 113 Å². The van der Waals surface area contributed by atoms with Crippen LogP contribution in [0.15, 0.2) is 107 Å². The number of nitrogens with zero attached hydrogens (tertiary/aromatic N) is 5. The minimum absolute atomic E-state index is 0.214. The summed E-state index contributed by atoms with van der Waals surface area (Å²) in [5.41, 5.74) is 3.93. The molecule has 6 heteroatoms. The number of rotatable bonds is 4. The van der Waals surface area contributed by atoms with Crippen molar-refractivity contribution in [2.24, 2.45) is 5.10 Å². The lowest BCUT2D eigenvalue weighted by Gasteiger charge is -2.01. The summed E-state index contributed by atoms with van der Waals surface area (Å²) in [6, 6.07) is 27.0. The highest BCUT2D eigenvalue weighted by Gasteiger charge is 2.11. The van der Waals surface area contributed by atoms with E-state index >= 15 is 0 Å². The first-order valence-corrected chi connectivity index (χ1v) is 9.51. The monoisotopic (exact) mass is 391 g/mol. The second-order valence-electron chi connectivity index (χ2n) is 6.74. The van der Waals surface area contributed by atoms with E-state index in [0.29, 0.717) is 10.9 Å². The van der Waals surface area contributed by atoms with Crippen LogP contribution in [-0.2, 0) is 0 Å². The SMILES string of the molecule is O=c1c2ccccc2ncn1/N=C/c1cn(-c2ccccc2)nc1-c1ccccc1. The van der Waals surface area contributed by atoms with E-state index in [9.17, 15) is 4.79 Å². The molecule has 0 saturated carbocycles. The van der Waals surface area contributed by atoms with Crippen molar-refractivity contribution in [2.45, 2.75) is 0 Å². The van der Waals surface area contributed by atoms with Crippen LogP contribution >= 0.6 is 0 Å². The van der Waals surface area contributed by atoms with Crippen LogP contribution in [-0.4, -0.2) is 25.7 Å². The third kappa shape index (κ3) is 3.31. The summed E-state index contributed by atoms with van der Waals surface area (Å²) in [4.78, 5) is 17.0. The Labute approximate surface area is 172 Å². The molecule has 0 radical (unpaired) electrons. The summed E-state index contributed by atoms with van der Waals surface area (Å²) >= 11 is 0. The topological polar surface area (TPSA) is 65.1 Å². The van der Waals surface area contributed by atoms with Crippen molar-refractivity contribution in [1.29, 1.82) is 0 Å². The molecule has 6 nitrogen and oxygen atoms in total. The van der Waals surface area contributed by atoms with E-state index in [1.165, 1.54) is 11.0 Å². The molecule has 0 spiro atoms. The van der Waals surface area contributed by atoms with E-state index in [2.05, 4.69) is 10.1 Å². The standard InChI is InChI=1S/C24H17N5O/c30-24-21-13-7-8-14-22(21)25-17-29(24)26-15-19-16-28(20-11-5-2-6-12-20)27-23(19)18-9-3-1-4-10-18/h1-17H/b26-15+. The Balaban J connectivity index is 1.61. The second kappa shape index (κ2) is 7.60. The van der Waals surface area contributed by atoms with Gasteiger partial charge in [0.2, 0.25) is 0 Å². The highest BCUT2D eigenvalue weighted by Crippen LogP contribution is 2.22. The van der Waals surface area contributed by atoms with Crippen molar-refractivity contribution < 1.29 is 0 Å². The summed E-state index contributed by atoms with van der Waals surface area (Å²) in [6.07, 6.45) is 4.98. The lowest BCUT2D eigenvalue weighted by molar-refractivity contribution is 0.817. The Bertz CT molecular complexity index is 1400. The van der Waals surface area contributed by atoms with Crippen molar-refractivity contribution in [1.82, 2.24) is 19.4 Å². The minimum atomic E-state index is -0.214. The fourth-order valence-electron chi connectivity index (χ4n) is 3.28.